The minimum Gasteiger partial charge on any atom is -0.479 e. The highest BCUT2D eigenvalue weighted by molar-refractivity contribution is 5.84. The van der Waals surface area contributed by atoms with Crippen molar-refractivity contribution in [2.45, 2.75) is 57.6 Å². The fraction of sp³-hybridized carbons (Fsp3) is 0.667. The fourth-order valence-electron chi connectivity index (χ4n) is 4.37. The second-order valence-electron chi connectivity index (χ2n) is 7.30. The monoisotopic (exact) mass is 347 g/mol. The molecule has 1 aliphatic carbocycles. The molecule has 1 saturated carbocycles. The summed E-state index contributed by atoms with van der Waals surface area (Å²) in [6.45, 7) is 6.84. The molecule has 136 valence electrons. The third-order valence-corrected chi connectivity index (χ3v) is 5.39. The average molecular weight is 347 g/mol. The Morgan fingerprint density at radius 1 is 1.32 bits per heavy atom. The summed E-state index contributed by atoms with van der Waals surface area (Å²) in [4.78, 5) is 8.78. The van der Waals surface area contributed by atoms with Gasteiger partial charge in [0.25, 0.3) is 0 Å². The molecule has 0 aromatic carbocycles. The highest BCUT2D eigenvalue weighted by atomic mass is 16.8. The van der Waals surface area contributed by atoms with Gasteiger partial charge in [-0.3, -0.25) is 0 Å². The van der Waals surface area contributed by atoms with Crippen LogP contribution in [0.5, 0.6) is 5.88 Å². The number of nitrogens with zero attached hydrogens (tertiary/aromatic N) is 3. The van der Waals surface area contributed by atoms with Gasteiger partial charge in [-0.05, 0) is 27.2 Å². The standard InChI is InChI=1S/C18H25N3O4/c1-5-21-7-12(13-14(21)17(23-4)20-9-19-13)11-6-10(8-22)15-16(11)25-18(2,3)24-15/h7,9-11,15-16,22H,5-6,8H2,1-4H3. The van der Waals surface area contributed by atoms with Crippen molar-refractivity contribution in [2.24, 2.45) is 5.92 Å². The van der Waals surface area contributed by atoms with Crippen LogP contribution in [0.3, 0.4) is 0 Å². The molecule has 2 fully saturated rings. The van der Waals surface area contributed by atoms with Crippen LogP contribution in [0.15, 0.2) is 12.5 Å². The number of hydrogen-bond donors (Lipinski definition) is 1. The van der Waals surface area contributed by atoms with E-state index in [2.05, 4.69) is 27.7 Å². The zero-order valence-corrected chi connectivity index (χ0v) is 15.1. The number of ether oxygens (including phenoxy) is 3. The molecule has 7 heteroatoms. The van der Waals surface area contributed by atoms with E-state index in [4.69, 9.17) is 14.2 Å². The molecular formula is C18H25N3O4. The lowest BCUT2D eigenvalue weighted by atomic mass is 9.96. The van der Waals surface area contributed by atoms with Gasteiger partial charge in [0.15, 0.2) is 5.79 Å². The van der Waals surface area contributed by atoms with Gasteiger partial charge in [0.05, 0.1) is 24.8 Å². The van der Waals surface area contributed by atoms with Crippen LogP contribution in [0.25, 0.3) is 11.0 Å². The lowest BCUT2D eigenvalue weighted by Crippen LogP contribution is -2.27. The van der Waals surface area contributed by atoms with Gasteiger partial charge >= 0.3 is 0 Å². The molecule has 1 N–H and O–H groups in total. The van der Waals surface area contributed by atoms with E-state index >= 15 is 0 Å². The van der Waals surface area contributed by atoms with E-state index in [1.807, 2.05) is 13.8 Å². The van der Waals surface area contributed by atoms with Crippen LogP contribution >= 0.6 is 0 Å². The van der Waals surface area contributed by atoms with Gasteiger partial charge in [-0.1, -0.05) is 0 Å². The summed E-state index contributed by atoms with van der Waals surface area (Å²) in [5.74, 6) is 0.145. The topological polar surface area (TPSA) is 78.6 Å². The molecular weight excluding hydrogens is 322 g/mol. The maximum atomic E-state index is 9.81. The second-order valence-corrected chi connectivity index (χ2v) is 7.30. The predicted molar refractivity (Wildman–Crippen MR) is 91.5 cm³/mol. The molecule has 2 aliphatic rings. The number of rotatable bonds is 4. The van der Waals surface area contributed by atoms with Gasteiger partial charge < -0.3 is 23.9 Å². The zero-order chi connectivity index (χ0) is 17.8. The van der Waals surface area contributed by atoms with Gasteiger partial charge in [0.2, 0.25) is 5.88 Å². The number of aliphatic hydroxyl groups excluding tert-OH is 1. The van der Waals surface area contributed by atoms with E-state index in [1.165, 1.54) is 6.33 Å². The van der Waals surface area contributed by atoms with Crippen LogP contribution in [0.4, 0.5) is 0 Å². The van der Waals surface area contributed by atoms with Crippen LogP contribution in [-0.2, 0) is 16.0 Å². The summed E-state index contributed by atoms with van der Waals surface area (Å²) in [5, 5.41) is 9.81. The molecule has 7 nitrogen and oxygen atoms in total. The Kier molecular flexibility index (Phi) is 3.97. The highest BCUT2D eigenvalue weighted by Gasteiger charge is 2.54. The van der Waals surface area contributed by atoms with Crippen molar-refractivity contribution in [1.29, 1.82) is 0 Å². The van der Waals surface area contributed by atoms with Crippen molar-refractivity contribution >= 4 is 11.0 Å². The van der Waals surface area contributed by atoms with E-state index in [1.54, 1.807) is 7.11 Å². The summed E-state index contributed by atoms with van der Waals surface area (Å²) in [7, 11) is 1.62. The van der Waals surface area contributed by atoms with Gasteiger partial charge in [-0.15, -0.1) is 0 Å². The summed E-state index contributed by atoms with van der Waals surface area (Å²) in [6, 6.07) is 0. The van der Waals surface area contributed by atoms with Crippen molar-refractivity contribution < 1.29 is 19.3 Å². The Bertz CT molecular complexity index is 788. The molecule has 0 radical (unpaired) electrons. The third kappa shape index (κ3) is 2.53. The maximum Gasteiger partial charge on any atom is 0.241 e. The number of aryl methyl sites for hydroxylation is 1. The van der Waals surface area contributed by atoms with E-state index < -0.39 is 5.79 Å². The molecule has 2 aromatic rings. The molecule has 3 heterocycles. The molecule has 4 atom stereocenters. The van der Waals surface area contributed by atoms with Crippen molar-refractivity contribution in [3.63, 3.8) is 0 Å². The minimum atomic E-state index is -0.628. The summed E-state index contributed by atoms with van der Waals surface area (Å²) in [6.07, 6.45) is 4.31. The first-order chi connectivity index (χ1) is 12.0. The predicted octanol–water partition coefficient (Wildman–Crippen LogP) is 2.08. The summed E-state index contributed by atoms with van der Waals surface area (Å²) in [5.41, 5.74) is 2.92. The van der Waals surface area contributed by atoms with Crippen LogP contribution < -0.4 is 4.74 Å². The van der Waals surface area contributed by atoms with Crippen LogP contribution in [-0.4, -0.2) is 51.4 Å². The molecule has 4 rings (SSSR count). The molecule has 4 unspecified atom stereocenters. The largest absolute Gasteiger partial charge is 0.479 e. The quantitative estimate of drug-likeness (QED) is 0.912. The van der Waals surface area contributed by atoms with Crippen LogP contribution in [0, 0.1) is 5.92 Å². The molecule has 1 saturated heterocycles. The van der Waals surface area contributed by atoms with Crippen molar-refractivity contribution in [2.75, 3.05) is 13.7 Å². The number of fused-ring (bicyclic) bond motifs is 2. The second kappa shape index (κ2) is 5.93. The molecule has 1 aliphatic heterocycles. The Morgan fingerprint density at radius 3 is 2.76 bits per heavy atom. The van der Waals surface area contributed by atoms with E-state index in [0.29, 0.717) is 5.88 Å². The van der Waals surface area contributed by atoms with Crippen molar-refractivity contribution in [3.05, 3.63) is 18.1 Å². The van der Waals surface area contributed by atoms with Crippen molar-refractivity contribution in [3.8, 4) is 5.88 Å². The number of methoxy groups -OCH3 is 1. The molecule has 25 heavy (non-hydrogen) atoms. The Balaban J connectivity index is 1.82. The third-order valence-electron chi connectivity index (χ3n) is 5.39. The van der Waals surface area contributed by atoms with E-state index in [0.717, 1.165) is 29.6 Å². The SMILES string of the molecule is CCn1cc(C2CC(CO)C3OC(C)(C)OC23)c2ncnc(OC)c21. The molecule has 0 amide bonds. The first kappa shape index (κ1) is 16.8. The van der Waals surface area contributed by atoms with E-state index in [9.17, 15) is 5.11 Å². The van der Waals surface area contributed by atoms with Gasteiger partial charge in [-0.2, -0.15) is 4.98 Å². The lowest BCUT2D eigenvalue weighted by Gasteiger charge is -2.22. The summed E-state index contributed by atoms with van der Waals surface area (Å²) >= 11 is 0. The number of aliphatic hydroxyl groups is 1. The minimum absolute atomic E-state index is 0.0699. The van der Waals surface area contributed by atoms with Gasteiger partial charge in [-0.25, -0.2) is 4.98 Å². The Labute approximate surface area is 146 Å². The number of hydrogen-bond acceptors (Lipinski definition) is 6. The maximum absolute atomic E-state index is 9.81. The van der Waals surface area contributed by atoms with Gasteiger partial charge in [0.1, 0.15) is 11.8 Å². The van der Waals surface area contributed by atoms with Crippen molar-refractivity contribution in [1.82, 2.24) is 14.5 Å². The van der Waals surface area contributed by atoms with Crippen LogP contribution in [0.2, 0.25) is 0 Å². The van der Waals surface area contributed by atoms with E-state index in [-0.39, 0.29) is 30.7 Å². The first-order valence-electron chi connectivity index (χ1n) is 8.83. The van der Waals surface area contributed by atoms with Crippen LogP contribution in [0.1, 0.15) is 38.7 Å². The molecule has 0 spiro atoms. The van der Waals surface area contributed by atoms with Gasteiger partial charge in [0, 0.05) is 36.7 Å². The first-order valence-corrected chi connectivity index (χ1v) is 8.83. The highest BCUT2D eigenvalue weighted by Crippen LogP contribution is 2.50. The average Bonchev–Trinajstić information content (AvgIpc) is 3.22. The fourth-order valence-corrected chi connectivity index (χ4v) is 4.37. The smallest absolute Gasteiger partial charge is 0.241 e. The Hall–Kier alpha value is -1.70. The molecule has 0 bridgehead atoms. The number of aromatic nitrogens is 3. The Morgan fingerprint density at radius 2 is 2.08 bits per heavy atom. The molecule has 2 aromatic heterocycles. The summed E-state index contributed by atoms with van der Waals surface area (Å²) < 4.78 is 19.8. The normalized spacial score (nSPS) is 30.8. The lowest BCUT2D eigenvalue weighted by molar-refractivity contribution is -0.159. The zero-order valence-electron chi connectivity index (χ0n) is 15.1.